The Morgan fingerprint density at radius 2 is 2.16 bits per heavy atom. The lowest BCUT2D eigenvalue weighted by Gasteiger charge is -2.17. The zero-order valence-electron chi connectivity index (χ0n) is 11.2. The smallest absolute Gasteiger partial charge is 0.254 e. The number of nitrogens with zero attached hydrogens (tertiary/aromatic N) is 3. The maximum atomic E-state index is 12.4. The van der Waals surface area contributed by atoms with Crippen molar-refractivity contribution in [3.8, 4) is 0 Å². The summed E-state index contributed by atoms with van der Waals surface area (Å²) in [5.41, 5.74) is 1.74. The summed E-state index contributed by atoms with van der Waals surface area (Å²) in [5.74, 6) is 0.856. The van der Waals surface area contributed by atoms with Crippen molar-refractivity contribution < 1.29 is 4.79 Å². The second-order valence-electron chi connectivity index (χ2n) is 4.63. The third-order valence-corrected chi connectivity index (χ3v) is 3.39. The van der Waals surface area contributed by atoms with Crippen molar-refractivity contribution in [3.63, 3.8) is 0 Å². The van der Waals surface area contributed by atoms with Gasteiger partial charge in [-0.3, -0.25) is 4.79 Å². The average molecular weight is 322 g/mol. The molecule has 100 valence electrons. The van der Waals surface area contributed by atoms with Gasteiger partial charge < -0.3 is 9.47 Å². The number of amides is 1. The number of carbonyl (C=O) groups is 1. The number of hydrogen-bond donors (Lipinski definition) is 0. The number of aromatic nitrogens is 2. The summed E-state index contributed by atoms with van der Waals surface area (Å²) in [5, 5.41) is 0. The molecule has 0 aliphatic carbocycles. The molecule has 19 heavy (non-hydrogen) atoms. The minimum absolute atomic E-state index is 0.00704. The largest absolute Gasteiger partial charge is 0.337 e. The van der Waals surface area contributed by atoms with Gasteiger partial charge in [-0.1, -0.05) is 15.9 Å². The van der Waals surface area contributed by atoms with Crippen molar-refractivity contribution in [3.05, 3.63) is 52.0 Å². The highest BCUT2D eigenvalue weighted by Crippen LogP contribution is 2.17. The number of halogens is 1. The molecule has 4 nitrogen and oxygen atoms in total. The van der Waals surface area contributed by atoms with Crippen molar-refractivity contribution in [1.82, 2.24) is 14.5 Å². The molecule has 0 spiro atoms. The SMILES string of the molecule is Cc1cc(Br)cc(C(=O)N(C)Cc2nccn2C)c1. The van der Waals surface area contributed by atoms with Gasteiger partial charge in [0.1, 0.15) is 5.82 Å². The molecule has 0 unspecified atom stereocenters. The van der Waals surface area contributed by atoms with Gasteiger partial charge in [0, 0.05) is 36.5 Å². The zero-order valence-corrected chi connectivity index (χ0v) is 12.8. The van der Waals surface area contributed by atoms with Gasteiger partial charge in [0.25, 0.3) is 5.91 Å². The first kappa shape index (κ1) is 13.8. The van der Waals surface area contributed by atoms with Crippen LogP contribution in [0.15, 0.2) is 35.1 Å². The summed E-state index contributed by atoms with van der Waals surface area (Å²) in [6.45, 7) is 2.47. The van der Waals surface area contributed by atoms with E-state index in [2.05, 4.69) is 20.9 Å². The normalized spacial score (nSPS) is 10.5. The lowest BCUT2D eigenvalue weighted by Crippen LogP contribution is -2.27. The highest BCUT2D eigenvalue weighted by molar-refractivity contribution is 9.10. The molecule has 0 fully saturated rings. The Kier molecular flexibility index (Phi) is 4.04. The average Bonchev–Trinajstić information content (AvgIpc) is 2.72. The van der Waals surface area contributed by atoms with Gasteiger partial charge in [0.15, 0.2) is 0 Å². The van der Waals surface area contributed by atoms with Crippen LogP contribution < -0.4 is 0 Å². The zero-order chi connectivity index (χ0) is 14.0. The molecule has 0 radical (unpaired) electrons. The third-order valence-electron chi connectivity index (χ3n) is 2.94. The van der Waals surface area contributed by atoms with Gasteiger partial charge in [-0.15, -0.1) is 0 Å². The maximum Gasteiger partial charge on any atom is 0.254 e. The molecule has 0 aliphatic heterocycles. The van der Waals surface area contributed by atoms with E-state index < -0.39 is 0 Å². The molecule has 0 N–H and O–H groups in total. The molecule has 2 aromatic rings. The number of rotatable bonds is 3. The summed E-state index contributed by atoms with van der Waals surface area (Å²) < 4.78 is 2.83. The fraction of sp³-hybridized carbons (Fsp3) is 0.286. The van der Waals surface area contributed by atoms with Gasteiger partial charge in [-0.25, -0.2) is 4.98 Å². The Hall–Kier alpha value is -1.62. The van der Waals surface area contributed by atoms with Gasteiger partial charge in [-0.05, 0) is 30.7 Å². The second kappa shape index (κ2) is 5.57. The minimum atomic E-state index is -0.00704. The van der Waals surface area contributed by atoms with E-state index in [1.165, 1.54) is 0 Å². The first-order valence-electron chi connectivity index (χ1n) is 5.96. The molecule has 1 aromatic carbocycles. The van der Waals surface area contributed by atoms with E-state index in [4.69, 9.17) is 0 Å². The monoisotopic (exact) mass is 321 g/mol. The van der Waals surface area contributed by atoms with Crippen LogP contribution in [0.5, 0.6) is 0 Å². The standard InChI is InChI=1S/C14H16BrN3O/c1-10-6-11(8-12(15)7-10)14(19)18(3)9-13-16-4-5-17(13)2/h4-8H,9H2,1-3H3. The highest BCUT2D eigenvalue weighted by atomic mass is 79.9. The predicted octanol–water partition coefficient (Wildman–Crippen LogP) is 2.76. The lowest BCUT2D eigenvalue weighted by molar-refractivity contribution is 0.0780. The van der Waals surface area contributed by atoms with E-state index in [1.54, 1.807) is 18.1 Å². The van der Waals surface area contributed by atoms with Crippen LogP contribution in [0.25, 0.3) is 0 Å². The van der Waals surface area contributed by atoms with Crippen molar-refractivity contribution >= 4 is 21.8 Å². The number of imidazole rings is 1. The number of benzene rings is 1. The number of hydrogen-bond acceptors (Lipinski definition) is 2. The van der Waals surface area contributed by atoms with Crippen LogP contribution in [0, 0.1) is 6.92 Å². The van der Waals surface area contributed by atoms with Crippen molar-refractivity contribution in [2.24, 2.45) is 7.05 Å². The summed E-state index contributed by atoms with van der Waals surface area (Å²) in [6.07, 6.45) is 3.60. The van der Waals surface area contributed by atoms with Gasteiger partial charge in [0.2, 0.25) is 0 Å². The van der Waals surface area contributed by atoms with Gasteiger partial charge >= 0.3 is 0 Å². The predicted molar refractivity (Wildman–Crippen MR) is 77.9 cm³/mol. The number of carbonyl (C=O) groups excluding carboxylic acids is 1. The topological polar surface area (TPSA) is 38.1 Å². The molecule has 0 saturated heterocycles. The summed E-state index contributed by atoms with van der Waals surface area (Å²) in [6, 6.07) is 5.71. The molecular formula is C14H16BrN3O. The fourth-order valence-electron chi connectivity index (χ4n) is 1.91. The van der Waals surface area contributed by atoms with E-state index in [9.17, 15) is 4.79 Å². The Morgan fingerprint density at radius 3 is 2.74 bits per heavy atom. The van der Waals surface area contributed by atoms with Crippen molar-refractivity contribution in [1.29, 1.82) is 0 Å². The molecule has 0 bridgehead atoms. The summed E-state index contributed by atoms with van der Waals surface area (Å²) in [7, 11) is 3.71. The molecule has 0 aliphatic rings. The maximum absolute atomic E-state index is 12.4. The third kappa shape index (κ3) is 3.23. The van der Waals surface area contributed by atoms with Crippen LogP contribution in [0.3, 0.4) is 0 Å². The van der Waals surface area contributed by atoms with Crippen molar-refractivity contribution in [2.45, 2.75) is 13.5 Å². The Labute approximate surface area is 121 Å². The van der Waals surface area contributed by atoms with Crippen LogP contribution in [-0.4, -0.2) is 27.4 Å². The molecule has 0 saturated carbocycles. The molecule has 1 amide bonds. The van der Waals surface area contributed by atoms with E-state index >= 15 is 0 Å². The van der Waals surface area contributed by atoms with Gasteiger partial charge in [0.05, 0.1) is 6.54 Å². The summed E-state index contributed by atoms with van der Waals surface area (Å²) in [4.78, 5) is 18.3. The minimum Gasteiger partial charge on any atom is -0.337 e. The molecule has 5 heteroatoms. The van der Waals surface area contributed by atoms with E-state index in [1.807, 2.05) is 42.9 Å². The van der Waals surface area contributed by atoms with Gasteiger partial charge in [-0.2, -0.15) is 0 Å². The molecule has 1 heterocycles. The van der Waals surface area contributed by atoms with Crippen molar-refractivity contribution in [2.75, 3.05) is 7.05 Å². The van der Waals surface area contributed by atoms with Crippen LogP contribution in [-0.2, 0) is 13.6 Å². The molecular weight excluding hydrogens is 306 g/mol. The first-order valence-corrected chi connectivity index (χ1v) is 6.75. The van der Waals surface area contributed by atoms with E-state index in [-0.39, 0.29) is 5.91 Å². The Balaban J connectivity index is 2.17. The van der Waals surface area contributed by atoms with Crippen LogP contribution in [0.1, 0.15) is 21.7 Å². The fourth-order valence-corrected chi connectivity index (χ4v) is 2.52. The highest BCUT2D eigenvalue weighted by Gasteiger charge is 2.14. The van der Waals surface area contributed by atoms with E-state index in [0.717, 1.165) is 15.9 Å². The summed E-state index contributed by atoms with van der Waals surface area (Å²) >= 11 is 3.42. The number of aryl methyl sites for hydroxylation is 2. The Bertz CT molecular complexity index is 586. The molecule has 1 aromatic heterocycles. The first-order chi connectivity index (χ1) is 8.97. The van der Waals surface area contributed by atoms with E-state index in [0.29, 0.717) is 12.1 Å². The van der Waals surface area contributed by atoms with Crippen LogP contribution in [0.2, 0.25) is 0 Å². The van der Waals surface area contributed by atoms with Crippen LogP contribution in [0.4, 0.5) is 0 Å². The Morgan fingerprint density at radius 1 is 1.42 bits per heavy atom. The molecule has 2 rings (SSSR count). The molecule has 0 atom stereocenters. The quantitative estimate of drug-likeness (QED) is 0.871. The second-order valence-corrected chi connectivity index (χ2v) is 5.55. The van der Waals surface area contributed by atoms with Crippen LogP contribution >= 0.6 is 15.9 Å². The lowest BCUT2D eigenvalue weighted by atomic mass is 10.1.